The van der Waals surface area contributed by atoms with E-state index in [2.05, 4.69) is 24.3 Å². The van der Waals surface area contributed by atoms with Crippen LogP contribution in [0.2, 0.25) is 0 Å². The van der Waals surface area contributed by atoms with E-state index in [9.17, 15) is 17.4 Å². The van der Waals surface area contributed by atoms with Gasteiger partial charge in [0.25, 0.3) is 10.1 Å². The van der Waals surface area contributed by atoms with Gasteiger partial charge in [-0.05, 0) is 98.6 Å². The molecule has 2 aliphatic carbocycles. The Kier molecular flexibility index (Phi) is 8.44. The molecule has 38 heavy (non-hydrogen) atoms. The second kappa shape index (κ2) is 12.0. The van der Waals surface area contributed by atoms with Crippen molar-refractivity contribution in [2.24, 2.45) is 11.8 Å². The Hall–Kier alpha value is -2.77. The normalized spacial score (nSPS) is 19.5. The highest BCUT2D eigenvalue weighted by Crippen LogP contribution is 2.40. The largest absolute Gasteiger partial charge is 0.287 e. The van der Waals surface area contributed by atoms with Crippen LogP contribution in [-0.4, -0.2) is 22.8 Å². The molecule has 202 valence electrons. The molecule has 5 nitrogen and oxygen atoms in total. The molecule has 0 bridgehead atoms. The first-order valence-electron chi connectivity index (χ1n) is 13.9. The molecule has 0 radical (unpaired) electrons. The maximum Gasteiger partial charge on any atom is 0.287 e. The van der Waals surface area contributed by atoms with Gasteiger partial charge in [-0.25, -0.2) is 9.07 Å². The van der Waals surface area contributed by atoms with Crippen LogP contribution in [0.1, 0.15) is 79.8 Å². The van der Waals surface area contributed by atoms with Crippen molar-refractivity contribution in [3.05, 3.63) is 94.4 Å². The van der Waals surface area contributed by atoms with Crippen molar-refractivity contribution in [1.29, 1.82) is 0 Å². The van der Waals surface area contributed by atoms with Gasteiger partial charge >= 0.3 is 0 Å². The third kappa shape index (κ3) is 6.62. The standard InChI is InChI=1S/C31H37FN2O3S/c32-27-16-18-28(19-17-27)34-31-25(15-14-23-8-3-1-4-9-23)12-7-13-29(31)30(33-34)22-26(20-21-38(35,36)37)24-10-5-2-6-11-24/h1,3-4,8-9,16-21,24-26H,2,5-7,10-15,22H2,(H,35,36,37). The summed E-state index contributed by atoms with van der Waals surface area (Å²) in [7, 11) is -4.19. The van der Waals surface area contributed by atoms with E-state index in [-0.39, 0.29) is 11.7 Å². The first-order chi connectivity index (χ1) is 18.4. The molecule has 1 aromatic heterocycles. The van der Waals surface area contributed by atoms with Gasteiger partial charge < -0.3 is 0 Å². The van der Waals surface area contributed by atoms with Gasteiger partial charge in [0.1, 0.15) is 5.82 Å². The number of aromatic nitrogens is 2. The highest BCUT2D eigenvalue weighted by Gasteiger charge is 2.31. The van der Waals surface area contributed by atoms with Crippen molar-refractivity contribution in [3.63, 3.8) is 0 Å². The summed E-state index contributed by atoms with van der Waals surface area (Å²) in [5.41, 5.74) is 5.66. The molecule has 0 spiro atoms. The molecule has 2 unspecified atom stereocenters. The van der Waals surface area contributed by atoms with Gasteiger partial charge in [-0.1, -0.05) is 55.7 Å². The fraction of sp³-hybridized carbons (Fsp3) is 0.452. The molecule has 5 rings (SSSR count). The summed E-state index contributed by atoms with van der Waals surface area (Å²) in [5.74, 6) is 0.420. The molecule has 1 N–H and O–H groups in total. The first kappa shape index (κ1) is 26.8. The maximum absolute atomic E-state index is 13.8. The van der Waals surface area contributed by atoms with Crippen LogP contribution in [0.25, 0.3) is 5.69 Å². The Morgan fingerprint density at radius 1 is 1.00 bits per heavy atom. The van der Waals surface area contributed by atoms with E-state index < -0.39 is 10.1 Å². The van der Waals surface area contributed by atoms with Gasteiger partial charge in [0.15, 0.2) is 0 Å². The zero-order valence-electron chi connectivity index (χ0n) is 21.8. The van der Waals surface area contributed by atoms with Crippen LogP contribution in [0.4, 0.5) is 4.39 Å². The first-order valence-corrected chi connectivity index (χ1v) is 15.4. The molecule has 2 atom stereocenters. The van der Waals surface area contributed by atoms with E-state index in [1.54, 1.807) is 18.2 Å². The molecule has 0 saturated heterocycles. The number of hydrogen-bond acceptors (Lipinski definition) is 3. The van der Waals surface area contributed by atoms with Crippen LogP contribution in [0.15, 0.2) is 66.1 Å². The molecule has 0 amide bonds. The zero-order valence-corrected chi connectivity index (χ0v) is 22.6. The third-order valence-corrected chi connectivity index (χ3v) is 8.85. The highest BCUT2D eigenvalue weighted by atomic mass is 32.2. The van der Waals surface area contributed by atoms with Crippen LogP contribution >= 0.6 is 0 Å². The van der Waals surface area contributed by atoms with Crippen LogP contribution in [0.3, 0.4) is 0 Å². The molecule has 0 aliphatic heterocycles. The number of nitrogens with zero attached hydrogens (tertiary/aromatic N) is 2. The monoisotopic (exact) mass is 536 g/mol. The number of benzene rings is 2. The SMILES string of the molecule is O=S(=O)(O)C=CC(Cc1nn(-c2ccc(F)cc2)c2c1CCCC2CCc1ccccc1)C1CCCCC1. The van der Waals surface area contributed by atoms with Gasteiger partial charge in [0, 0.05) is 5.92 Å². The average Bonchev–Trinajstić information content (AvgIpc) is 3.30. The summed E-state index contributed by atoms with van der Waals surface area (Å²) in [6, 6.07) is 17.1. The summed E-state index contributed by atoms with van der Waals surface area (Å²) in [6.07, 6.45) is 13.0. The van der Waals surface area contributed by atoms with Crippen LogP contribution in [0, 0.1) is 17.7 Å². The second-order valence-electron chi connectivity index (χ2n) is 10.9. The topological polar surface area (TPSA) is 72.2 Å². The summed E-state index contributed by atoms with van der Waals surface area (Å²) in [6.45, 7) is 0. The van der Waals surface area contributed by atoms with Gasteiger partial charge in [-0.2, -0.15) is 13.5 Å². The Labute approximate surface area is 225 Å². The predicted octanol–water partition coefficient (Wildman–Crippen LogP) is 7.20. The second-order valence-corrected chi connectivity index (χ2v) is 12.2. The number of rotatable bonds is 9. The van der Waals surface area contributed by atoms with Crippen molar-refractivity contribution in [2.75, 3.05) is 0 Å². The van der Waals surface area contributed by atoms with E-state index in [0.29, 0.717) is 18.3 Å². The van der Waals surface area contributed by atoms with Gasteiger partial charge in [0.2, 0.25) is 0 Å². The van der Waals surface area contributed by atoms with E-state index in [1.807, 2.05) is 10.7 Å². The maximum atomic E-state index is 13.8. The van der Waals surface area contributed by atoms with E-state index in [0.717, 1.165) is 74.6 Å². The summed E-state index contributed by atoms with van der Waals surface area (Å²) < 4.78 is 48.4. The summed E-state index contributed by atoms with van der Waals surface area (Å²) in [4.78, 5) is 0. The van der Waals surface area contributed by atoms with Gasteiger partial charge in [-0.15, -0.1) is 0 Å². The molecule has 2 aromatic carbocycles. The van der Waals surface area contributed by atoms with Crippen LogP contribution < -0.4 is 0 Å². The Balaban J connectivity index is 1.51. The van der Waals surface area contributed by atoms with E-state index in [1.165, 1.54) is 35.4 Å². The highest BCUT2D eigenvalue weighted by molar-refractivity contribution is 7.88. The smallest absolute Gasteiger partial charge is 0.282 e. The average molecular weight is 537 g/mol. The van der Waals surface area contributed by atoms with E-state index >= 15 is 0 Å². The van der Waals surface area contributed by atoms with Crippen LogP contribution in [0.5, 0.6) is 0 Å². The number of halogens is 1. The van der Waals surface area contributed by atoms with Crippen molar-refractivity contribution >= 4 is 10.1 Å². The molecular weight excluding hydrogens is 499 g/mol. The van der Waals surface area contributed by atoms with Crippen molar-refractivity contribution < 1.29 is 17.4 Å². The van der Waals surface area contributed by atoms with Crippen molar-refractivity contribution in [1.82, 2.24) is 9.78 Å². The summed E-state index contributed by atoms with van der Waals surface area (Å²) >= 11 is 0. The van der Waals surface area contributed by atoms with E-state index in [4.69, 9.17) is 5.10 Å². The molecule has 3 aromatic rings. The van der Waals surface area contributed by atoms with Crippen molar-refractivity contribution in [2.45, 2.75) is 76.5 Å². The third-order valence-electron chi connectivity index (χ3n) is 8.35. The molecule has 1 saturated carbocycles. The fourth-order valence-corrected chi connectivity index (χ4v) is 6.85. The molecular formula is C31H37FN2O3S. The van der Waals surface area contributed by atoms with Gasteiger partial charge in [-0.3, -0.25) is 4.55 Å². The lowest BCUT2D eigenvalue weighted by Gasteiger charge is -2.28. The minimum atomic E-state index is -4.19. The Morgan fingerprint density at radius 3 is 2.45 bits per heavy atom. The van der Waals surface area contributed by atoms with Gasteiger partial charge in [0.05, 0.1) is 22.5 Å². The lowest BCUT2D eigenvalue weighted by molar-refractivity contribution is 0.283. The van der Waals surface area contributed by atoms with Crippen LogP contribution in [-0.2, 0) is 29.4 Å². The lowest BCUT2D eigenvalue weighted by atomic mass is 9.76. The number of allylic oxidation sites excluding steroid dienone is 1. The molecule has 7 heteroatoms. The molecule has 1 fully saturated rings. The predicted molar refractivity (Wildman–Crippen MR) is 148 cm³/mol. The minimum Gasteiger partial charge on any atom is -0.282 e. The summed E-state index contributed by atoms with van der Waals surface area (Å²) in [5, 5.41) is 6.08. The molecule has 1 heterocycles. The fourth-order valence-electron chi connectivity index (χ4n) is 6.45. The minimum absolute atomic E-state index is 0.0115. The Bertz CT molecular complexity index is 1340. The number of aryl methyl sites for hydroxylation is 1. The number of hydrogen-bond donors (Lipinski definition) is 1. The zero-order chi connectivity index (χ0) is 26.5. The Morgan fingerprint density at radius 2 is 1.74 bits per heavy atom. The number of fused-ring (bicyclic) bond motifs is 1. The lowest BCUT2D eigenvalue weighted by Crippen LogP contribution is -2.20. The quantitative estimate of drug-likeness (QED) is 0.294. The van der Waals surface area contributed by atoms with Crippen molar-refractivity contribution in [3.8, 4) is 5.69 Å². The molecule has 2 aliphatic rings.